The molecule has 6 N–H and O–H groups in total. The summed E-state index contributed by atoms with van der Waals surface area (Å²) in [4.78, 5) is 67.1. The number of hydrogen-bond donors (Lipinski definition) is 6. The van der Waals surface area contributed by atoms with Gasteiger partial charge in [0, 0.05) is 25.0 Å². The van der Waals surface area contributed by atoms with E-state index in [1.54, 1.807) is 49.1 Å². The van der Waals surface area contributed by atoms with E-state index in [0.29, 0.717) is 18.5 Å². The van der Waals surface area contributed by atoms with Gasteiger partial charge in [0.05, 0.1) is 12.0 Å². The summed E-state index contributed by atoms with van der Waals surface area (Å²) < 4.78 is 45.2. The Morgan fingerprint density at radius 2 is 1.56 bits per heavy atom. The minimum atomic E-state index is -4.33. The van der Waals surface area contributed by atoms with Crippen LogP contribution in [0, 0.1) is 17.8 Å². The molecule has 0 radical (unpaired) electrons. The van der Waals surface area contributed by atoms with Gasteiger partial charge in [-0.3, -0.25) is 19.2 Å². The lowest BCUT2D eigenvalue weighted by molar-refractivity contribution is -0.185. The van der Waals surface area contributed by atoms with E-state index < -0.39 is 66.1 Å². The summed E-state index contributed by atoms with van der Waals surface area (Å²) in [6.45, 7) is 7.31. The highest BCUT2D eigenvalue weighted by atomic mass is 19.4. The van der Waals surface area contributed by atoms with E-state index in [4.69, 9.17) is 4.74 Å². The van der Waals surface area contributed by atoms with Gasteiger partial charge in [0.2, 0.25) is 17.7 Å². The molecular formula is C34H51F3N6O7. The highest BCUT2D eigenvalue weighted by Gasteiger charge is 2.42. The minimum Gasteiger partial charge on any atom is -0.445 e. The predicted octanol–water partition coefficient (Wildman–Crippen LogP) is 1.98. The zero-order valence-electron chi connectivity index (χ0n) is 29.1. The number of carbonyl (C=O) groups excluding carboxylic acids is 5. The maximum atomic E-state index is 13.8. The third kappa shape index (κ3) is 13.1. The lowest BCUT2D eigenvalue weighted by Gasteiger charge is -2.35. The smallest absolute Gasteiger partial charge is 0.408 e. The predicted molar refractivity (Wildman–Crippen MR) is 177 cm³/mol. The Kier molecular flexibility index (Phi) is 15.3. The van der Waals surface area contributed by atoms with Gasteiger partial charge in [0.15, 0.2) is 6.10 Å². The topological polar surface area (TPSA) is 178 Å². The van der Waals surface area contributed by atoms with Gasteiger partial charge < -0.3 is 41.3 Å². The van der Waals surface area contributed by atoms with Crippen molar-refractivity contribution in [2.45, 2.75) is 103 Å². The number of ether oxygens (including phenoxy) is 1. The molecule has 0 aromatic heterocycles. The van der Waals surface area contributed by atoms with Crippen LogP contribution in [0.25, 0.3) is 0 Å². The number of benzene rings is 1. The standard InChI is InChI=1S/C34H51F3N6O7/c1-20(2)16-26(30(46)40-25(17-23-10-13-38-29(23)45)28(44)32(48)39-21(3)4)41-31(47)27(18-43-14-11-24(12-15-43)34(35,36)37)42-33(49)50-19-22-8-6-5-7-9-22/h5-9,20-21,23-28,44H,10-19H2,1-4H3,(H,38,45)(H,39,48)(H,40,46)(H,41,47)(H,42,49)/t23-,25-,26-,27-,28?/m0/s1. The molecule has 2 aliphatic heterocycles. The summed E-state index contributed by atoms with van der Waals surface area (Å²) >= 11 is 0. The summed E-state index contributed by atoms with van der Waals surface area (Å²) in [5.41, 5.74) is 0.695. The van der Waals surface area contributed by atoms with E-state index in [1.165, 1.54) is 0 Å². The Morgan fingerprint density at radius 3 is 2.12 bits per heavy atom. The fourth-order valence-electron chi connectivity index (χ4n) is 6.06. The molecule has 16 heteroatoms. The van der Waals surface area contributed by atoms with Gasteiger partial charge in [-0.1, -0.05) is 44.2 Å². The monoisotopic (exact) mass is 712 g/mol. The van der Waals surface area contributed by atoms with Crippen LogP contribution in [0.1, 0.15) is 65.4 Å². The summed E-state index contributed by atoms with van der Waals surface area (Å²) in [5, 5.41) is 24.1. The first-order chi connectivity index (χ1) is 23.5. The van der Waals surface area contributed by atoms with Gasteiger partial charge in [-0.2, -0.15) is 13.2 Å². The van der Waals surface area contributed by atoms with Crippen LogP contribution in [0.15, 0.2) is 30.3 Å². The zero-order valence-corrected chi connectivity index (χ0v) is 29.1. The van der Waals surface area contributed by atoms with Crippen molar-refractivity contribution >= 4 is 29.7 Å². The number of carbonyl (C=O) groups is 5. The molecule has 50 heavy (non-hydrogen) atoms. The Balaban J connectivity index is 1.77. The summed E-state index contributed by atoms with van der Waals surface area (Å²) in [7, 11) is 0. The normalized spacial score (nSPS) is 19.6. The van der Waals surface area contributed by atoms with E-state index in [0.717, 1.165) is 0 Å². The van der Waals surface area contributed by atoms with Gasteiger partial charge in [-0.05, 0) is 70.5 Å². The van der Waals surface area contributed by atoms with E-state index >= 15 is 0 Å². The summed E-state index contributed by atoms with van der Waals surface area (Å²) in [5.74, 6) is -4.63. The average molecular weight is 713 g/mol. The first-order valence-corrected chi connectivity index (χ1v) is 17.2. The number of aliphatic hydroxyl groups excluding tert-OH is 1. The largest absolute Gasteiger partial charge is 0.445 e. The molecule has 1 unspecified atom stereocenters. The molecule has 0 saturated carbocycles. The highest BCUT2D eigenvalue weighted by Crippen LogP contribution is 2.34. The second kappa shape index (κ2) is 18.9. The van der Waals surface area contributed by atoms with E-state index in [9.17, 15) is 42.3 Å². The van der Waals surface area contributed by atoms with Gasteiger partial charge in [-0.25, -0.2) is 4.79 Å². The minimum absolute atomic E-state index is 0.0298. The first kappa shape index (κ1) is 40.5. The number of hydrogen-bond acceptors (Lipinski definition) is 8. The molecule has 3 rings (SSSR count). The van der Waals surface area contributed by atoms with Crippen molar-refractivity contribution in [3.05, 3.63) is 35.9 Å². The molecule has 13 nitrogen and oxygen atoms in total. The van der Waals surface area contributed by atoms with Crippen molar-refractivity contribution in [3.63, 3.8) is 0 Å². The molecule has 2 heterocycles. The lowest BCUT2D eigenvalue weighted by atomic mass is 9.93. The number of amides is 5. The maximum Gasteiger partial charge on any atom is 0.408 e. The third-order valence-electron chi connectivity index (χ3n) is 8.76. The fraction of sp³-hybridized carbons (Fsp3) is 0.676. The molecule has 280 valence electrons. The molecule has 2 saturated heterocycles. The van der Waals surface area contributed by atoms with Crippen LogP contribution in [-0.4, -0.2) is 102 Å². The van der Waals surface area contributed by atoms with Crippen LogP contribution in [0.4, 0.5) is 18.0 Å². The van der Waals surface area contributed by atoms with Gasteiger partial charge in [0.25, 0.3) is 5.91 Å². The van der Waals surface area contributed by atoms with Crippen molar-refractivity contribution in [1.82, 2.24) is 31.5 Å². The number of piperidine rings is 1. The van der Waals surface area contributed by atoms with Crippen LogP contribution in [0.5, 0.6) is 0 Å². The van der Waals surface area contributed by atoms with Crippen molar-refractivity contribution in [2.24, 2.45) is 17.8 Å². The molecule has 5 atom stereocenters. The first-order valence-electron chi connectivity index (χ1n) is 17.2. The zero-order chi connectivity index (χ0) is 37.0. The molecule has 0 aliphatic carbocycles. The van der Waals surface area contributed by atoms with Crippen molar-refractivity contribution in [1.29, 1.82) is 0 Å². The number of likely N-dealkylation sites (tertiary alicyclic amines) is 1. The molecule has 1 aromatic rings. The number of alkyl carbamates (subject to hydrolysis) is 1. The fourth-order valence-corrected chi connectivity index (χ4v) is 6.06. The molecule has 0 spiro atoms. The van der Waals surface area contributed by atoms with Gasteiger partial charge in [-0.15, -0.1) is 0 Å². The number of halogens is 3. The molecule has 2 aliphatic rings. The van der Waals surface area contributed by atoms with Crippen LogP contribution < -0.4 is 26.6 Å². The number of nitrogens with zero attached hydrogens (tertiary/aromatic N) is 1. The van der Waals surface area contributed by atoms with Crippen molar-refractivity contribution in [2.75, 3.05) is 26.2 Å². The van der Waals surface area contributed by atoms with Crippen LogP contribution in [0.3, 0.4) is 0 Å². The van der Waals surface area contributed by atoms with Crippen LogP contribution in [0.2, 0.25) is 0 Å². The Morgan fingerprint density at radius 1 is 0.920 bits per heavy atom. The summed E-state index contributed by atoms with van der Waals surface area (Å²) in [6.07, 6.45) is -6.74. The van der Waals surface area contributed by atoms with E-state index in [1.807, 2.05) is 13.8 Å². The van der Waals surface area contributed by atoms with Crippen LogP contribution in [-0.2, 0) is 30.5 Å². The van der Waals surface area contributed by atoms with E-state index in [-0.39, 0.29) is 69.8 Å². The molecule has 2 fully saturated rings. The highest BCUT2D eigenvalue weighted by molar-refractivity contribution is 5.92. The van der Waals surface area contributed by atoms with Gasteiger partial charge >= 0.3 is 12.3 Å². The average Bonchev–Trinajstić information content (AvgIpc) is 3.45. The quantitative estimate of drug-likeness (QED) is 0.151. The number of alkyl halides is 3. The Labute approximate surface area is 290 Å². The van der Waals surface area contributed by atoms with Crippen molar-refractivity contribution in [3.8, 4) is 0 Å². The number of nitrogens with one attached hydrogen (secondary N) is 5. The van der Waals surface area contributed by atoms with E-state index in [2.05, 4.69) is 26.6 Å². The van der Waals surface area contributed by atoms with Gasteiger partial charge in [0.1, 0.15) is 18.7 Å². The molecular weight excluding hydrogens is 661 g/mol. The molecule has 1 aromatic carbocycles. The molecule has 5 amide bonds. The number of aliphatic hydroxyl groups is 1. The number of rotatable bonds is 16. The SMILES string of the molecule is CC(C)C[C@H](NC(=O)[C@H](CN1CCC(C(F)(F)F)CC1)NC(=O)OCc1ccccc1)C(=O)N[C@@H](C[C@@H]1CCNC1=O)C(O)C(=O)NC(C)C. The Hall–Kier alpha value is -3.92. The second-order valence-corrected chi connectivity index (χ2v) is 13.8. The van der Waals surface area contributed by atoms with Crippen molar-refractivity contribution < 1.29 is 47.0 Å². The molecule has 0 bridgehead atoms. The second-order valence-electron chi connectivity index (χ2n) is 13.8. The Bertz CT molecular complexity index is 1290. The maximum absolute atomic E-state index is 13.8. The summed E-state index contributed by atoms with van der Waals surface area (Å²) in [6, 6.07) is 4.84. The third-order valence-corrected chi connectivity index (χ3v) is 8.76. The van der Waals surface area contributed by atoms with Crippen LogP contribution >= 0.6 is 0 Å². The lowest BCUT2D eigenvalue weighted by Crippen LogP contribution is -2.60.